The molecule has 0 unspecified atom stereocenters. The highest BCUT2D eigenvalue weighted by Crippen LogP contribution is 2.24. The molecule has 25 heavy (non-hydrogen) atoms. The summed E-state index contributed by atoms with van der Waals surface area (Å²) in [6.45, 7) is -0.770. The molecule has 5 atom stereocenters. The van der Waals surface area contributed by atoms with Crippen molar-refractivity contribution < 1.29 is 42.8 Å². The number of hydrogen-bond acceptors (Lipinski definition) is 6. The van der Waals surface area contributed by atoms with Crippen molar-refractivity contribution in [1.29, 1.82) is 0 Å². The van der Waals surface area contributed by atoms with E-state index in [1.807, 2.05) is 0 Å². The van der Waals surface area contributed by atoms with Gasteiger partial charge in [0.25, 0.3) is 0 Å². The summed E-state index contributed by atoms with van der Waals surface area (Å²) in [6.07, 6.45) is -11.5. The van der Waals surface area contributed by atoms with Crippen LogP contribution in [0.25, 0.3) is 0 Å². The Kier molecular flexibility index (Phi) is 6.36. The van der Waals surface area contributed by atoms with Gasteiger partial charge in [0.05, 0.1) is 13.2 Å². The van der Waals surface area contributed by atoms with Crippen molar-refractivity contribution in [3.8, 4) is 0 Å². The molecular weight excluding hydrogens is 347 g/mol. The third kappa shape index (κ3) is 4.89. The van der Waals surface area contributed by atoms with Crippen molar-refractivity contribution in [3.63, 3.8) is 0 Å². The average molecular weight is 365 g/mol. The number of carbonyl (C=O) groups excluding carboxylic acids is 1. The predicted molar refractivity (Wildman–Crippen MR) is 77.0 cm³/mol. The normalized spacial score (nSPS) is 30.1. The van der Waals surface area contributed by atoms with Crippen molar-refractivity contribution in [2.75, 3.05) is 6.61 Å². The molecule has 4 N–H and O–H groups in total. The fraction of sp³-hybridized carbons (Fsp3) is 0.533. The van der Waals surface area contributed by atoms with Crippen LogP contribution in [-0.2, 0) is 20.9 Å². The van der Waals surface area contributed by atoms with Crippen LogP contribution in [0.4, 0.5) is 13.2 Å². The molecule has 1 aliphatic heterocycles. The number of halogens is 3. The fourth-order valence-electron chi connectivity index (χ4n) is 2.36. The SMILES string of the molecule is O=C(N[C@@H]1[C@H](OCc2ccccc2)O[C@H](CO)[C@@H](O)[C@H]1O)C(F)(F)F. The Hall–Kier alpha value is -1.72. The molecule has 0 aliphatic carbocycles. The molecule has 0 bridgehead atoms. The molecule has 1 amide bonds. The molecule has 7 nitrogen and oxygen atoms in total. The number of aliphatic hydroxyl groups is 3. The van der Waals surface area contributed by atoms with Crippen molar-refractivity contribution in [2.45, 2.75) is 43.4 Å². The second kappa shape index (κ2) is 8.11. The number of ether oxygens (including phenoxy) is 2. The van der Waals surface area contributed by atoms with Crippen LogP contribution in [0, 0.1) is 0 Å². The summed E-state index contributed by atoms with van der Waals surface area (Å²) < 4.78 is 48.0. The first-order valence-corrected chi connectivity index (χ1v) is 7.39. The van der Waals surface area contributed by atoms with Gasteiger partial charge in [-0.2, -0.15) is 13.2 Å². The number of rotatable bonds is 5. The van der Waals surface area contributed by atoms with Crippen molar-refractivity contribution in [3.05, 3.63) is 35.9 Å². The smallest absolute Gasteiger partial charge is 0.394 e. The van der Waals surface area contributed by atoms with Crippen LogP contribution in [0.15, 0.2) is 30.3 Å². The molecule has 0 radical (unpaired) electrons. The molecule has 0 aromatic heterocycles. The van der Waals surface area contributed by atoms with E-state index in [1.54, 1.807) is 35.6 Å². The van der Waals surface area contributed by atoms with Crippen LogP contribution in [0.2, 0.25) is 0 Å². The zero-order chi connectivity index (χ0) is 18.6. The fourth-order valence-corrected chi connectivity index (χ4v) is 2.36. The molecular formula is C15H18F3NO6. The maximum Gasteiger partial charge on any atom is 0.471 e. The van der Waals surface area contributed by atoms with E-state index in [0.29, 0.717) is 5.56 Å². The Balaban J connectivity index is 2.13. The molecule has 2 rings (SSSR count). The molecule has 0 spiro atoms. The minimum atomic E-state index is -5.18. The van der Waals surface area contributed by atoms with E-state index in [9.17, 15) is 28.2 Å². The van der Waals surface area contributed by atoms with Gasteiger partial charge in [-0.05, 0) is 5.56 Å². The van der Waals surface area contributed by atoms with Gasteiger partial charge in [-0.1, -0.05) is 30.3 Å². The Morgan fingerprint density at radius 1 is 1.20 bits per heavy atom. The van der Waals surface area contributed by atoms with E-state index < -0.39 is 49.3 Å². The van der Waals surface area contributed by atoms with Crippen molar-refractivity contribution >= 4 is 5.91 Å². The van der Waals surface area contributed by atoms with E-state index in [4.69, 9.17) is 14.6 Å². The lowest BCUT2D eigenvalue weighted by Gasteiger charge is -2.42. The van der Waals surface area contributed by atoms with E-state index >= 15 is 0 Å². The predicted octanol–water partition coefficient (Wildman–Crippen LogP) is -0.311. The summed E-state index contributed by atoms with van der Waals surface area (Å²) in [5.41, 5.74) is 0.674. The number of benzene rings is 1. The highest BCUT2D eigenvalue weighted by Gasteiger charge is 2.49. The maximum absolute atomic E-state index is 12.5. The van der Waals surface area contributed by atoms with Gasteiger partial charge in [0.2, 0.25) is 0 Å². The van der Waals surface area contributed by atoms with Crippen LogP contribution in [0.3, 0.4) is 0 Å². The largest absolute Gasteiger partial charge is 0.471 e. The monoisotopic (exact) mass is 365 g/mol. The number of carbonyl (C=O) groups is 1. The van der Waals surface area contributed by atoms with Crippen LogP contribution in [-0.4, -0.2) is 64.7 Å². The Morgan fingerprint density at radius 2 is 1.84 bits per heavy atom. The molecule has 1 fully saturated rings. The second-order valence-corrected chi connectivity index (χ2v) is 5.50. The second-order valence-electron chi connectivity index (χ2n) is 5.50. The number of aliphatic hydroxyl groups excluding tert-OH is 3. The molecule has 0 saturated carbocycles. The zero-order valence-electron chi connectivity index (χ0n) is 12.9. The average Bonchev–Trinajstić information content (AvgIpc) is 2.58. The van der Waals surface area contributed by atoms with Gasteiger partial charge in [0.15, 0.2) is 6.29 Å². The van der Waals surface area contributed by atoms with Gasteiger partial charge in [-0.3, -0.25) is 4.79 Å². The molecule has 1 saturated heterocycles. The molecule has 1 aromatic rings. The Morgan fingerprint density at radius 3 is 2.40 bits per heavy atom. The molecule has 10 heteroatoms. The summed E-state index contributed by atoms with van der Waals surface area (Å²) in [5, 5.41) is 30.5. The first-order valence-electron chi connectivity index (χ1n) is 7.39. The minimum absolute atomic E-state index is 0.0785. The zero-order valence-corrected chi connectivity index (χ0v) is 12.9. The number of amides is 1. The lowest BCUT2D eigenvalue weighted by molar-refractivity contribution is -0.275. The van der Waals surface area contributed by atoms with Gasteiger partial charge in [-0.15, -0.1) is 0 Å². The van der Waals surface area contributed by atoms with Crippen LogP contribution < -0.4 is 5.32 Å². The van der Waals surface area contributed by atoms with Crippen LogP contribution in [0.1, 0.15) is 5.56 Å². The summed E-state index contributed by atoms with van der Waals surface area (Å²) in [6, 6.07) is 6.92. The summed E-state index contributed by atoms with van der Waals surface area (Å²) in [7, 11) is 0. The first kappa shape index (κ1) is 19.6. The Bertz CT molecular complexity index is 570. The van der Waals surface area contributed by atoms with Gasteiger partial charge in [0, 0.05) is 0 Å². The molecule has 1 aromatic carbocycles. The van der Waals surface area contributed by atoms with Gasteiger partial charge < -0.3 is 30.1 Å². The molecule has 140 valence electrons. The molecule has 1 aliphatic rings. The van der Waals surface area contributed by atoms with E-state index in [-0.39, 0.29) is 6.61 Å². The first-order chi connectivity index (χ1) is 11.7. The third-order valence-electron chi connectivity index (χ3n) is 3.69. The number of nitrogens with one attached hydrogen (secondary N) is 1. The van der Waals surface area contributed by atoms with E-state index in [2.05, 4.69) is 0 Å². The summed E-state index contributed by atoms with van der Waals surface area (Å²) in [5.74, 6) is -2.30. The van der Waals surface area contributed by atoms with Crippen molar-refractivity contribution in [1.82, 2.24) is 5.32 Å². The lowest BCUT2D eigenvalue weighted by atomic mass is 9.97. The van der Waals surface area contributed by atoms with Gasteiger partial charge in [-0.25, -0.2) is 0 Å². The third-order valence-corrected chi connectivity index (χ3v) is 3.69. The number of hydrogen-bond donors (Lipinski definition) is 4. The van der Waals surface area contributed by atoms with E-state index in [1.165, 1.54) is 0 Å². The van der Waals surface area contributed by atoms with Gasteiger partial charge >= 0.3 is 12.1 Å². The minimum Gasteiger partial charge on any atom is -0.394 e. The summed E-state index contributed by atoms with van der Waals surface area (Å²) >= 11 is 0. The quantitative estimate of drug-likeness (QED) is 0.570. The topological polar surface area (TPSA) is 108 Å². The highest BCUT2D eigenvalue weighted by atomic mass is 19.4. The Labute approximate surface area is 141 Å². The maximum atomic E-state index is 12.5. The standard InChI is InChI=1S/C15H18F3NO6/c16-15(17,18)14(23)19-10-12(22)11(21)9(6-20)25-13(10)24-7-8-4-2-1-3-5-8/h1-5,9-13,20-22H,6-7H2,(H,19,23)/t9-,10+,11-,12+,13-/m1/s1. The molecule has 1 heterocycles. The lowest BCUT2D eigenvalue weighted by Crippen LogP contribution is -2.65. The number of alkyl halides is 3. The highest BCUT2D eigenvalue weighted by molar-refractivity contribution is 5.82. The van der Waals surface area contributed by atoms with E-state index in [0.717, 1.165) is 0 Å². The van der Waals surface area contributed by atoms with Crippen LogP contribution >= 0.6 is 0 Å². The summed E-state index contributed by atoms with van der Waals surface area (Å²) in [4.78, 5) is 11.2. The van der Waals surface area contributed by atoms with Gasteiger partial charge in [0.1, 0.15) is 24.4 Å². The van der Waals surface area contributed by atoms with Crippen LogP contribution in [0.5, 0.6) is 0 Å². The van der Waals surface area contributed by atoms with Crippen molar-refractivity contribution in [2.24, 2.45) is 0 Å².